The molecule has 0 spiro atoms. The maximum Gasteiger partial charge on any atom is 0.259 e. The van der Waals surface area contributed by atoms with E-state index in [1.54, 1.807) is 48.5 Å². The van der Waals surface area contributed by atoms with Gasteiger partial charge in [-0.3, -0.25) is 9.59 Å². The number of benzene rings is 2. The Bertz CT molecular complexity index is 849. The van der Waals surface area contributed by atoms with E-state index in [1.165, 1.54) is 0 Å². The highest BCUT2D eigenvalue weighted by molar-refractivity contribution is 6.10. The molecule has 0 aromatic heterocycles. The summed E-state index contributed by atoms with van der Waals surface area (Å²) < 4.78 is 16.5. The number of nitrogens with one attached hydrogen (secondary N) is 2. The number of hydrogen-bond acceptors (Lipinski definition) is 5. The number of para-hydroxylation sites is 2. The Balaban J connectivity index is 1.66. The lowest BCUT2D eigenvalue weighted by Gasteiger charge is -2.15. The summed E-state index contributed by atoms with van der Waals surface area (Å²) in [6.45, 7) is 4.50. The summed E-state index contributed by atoms with van der Waals surface area (Å²) in [6, 6.07) is 13.9. The number of carbonyl (C=O) groups excluding carboxylic acids is 2. The van der Waals surface area contributed by atoms with Crippen LogP contribution in [0.4, 0.5) is 5.69 Å². The van der Waals surface area contributed by atoms with E-state index in [0.717, 1.165) is 19.4 Å². The van der Waals surface area contributed by atoms with Crippen LogP contribution in [0.5, 0.6) is 5.75 Å². The second kappa shape index (κ2) is 11.3. The lowest BCUT2D eigenvalue weighted by atomic mass is 10.1. The first-order chi connectivity index (χ1) is 14.7. The predicted octanol–water partition coefficient (Wildman–Crippen LogP) is 3.26. The molecule has 7 nitrogen and oxygen atoms in total. The van der Waals surface area contributed by atoms with Crippen LogP contribution in [0.15, 0.2) is 48.5 Å². The van der Waals surface area contributed by atoms with Crippen molar-refractivity contribution >= 4 is 17.5 Å². The molecule has 1 heterocycles. The average Bonchev–Trinajstić information content (AvgIpc) is 3.29. The number of ether oxygens (including phenoxy) is 3. The Morgan fingerprint density at radius 1 is 1.03 bits per heavy atom. The van der Waals surface area contributed by atoms with Gasteiger partial charge in [-0.1, -0.05) is 24.3 Å². The molecule has 0 saturated carbocycles. The number of anilines is 1. The predicted molar refractivity (Wildman–Crippen MR) is 114 cm³/mol. The Morgan fingerprint density at radius 2 is 1.80 bits per heavy atom. The molecule has 2 amide bonds. The normalized spacial score (nSPS) is 15.6. The van der Waals surface area contributed by atoms with Crippen molar-refractivity contribution in [1.82, 2.24) is 5.32 Å². The maximum atomic E-state index is 12.9. The monoisotopic (exact) mass is 412 g/mol. The molecule has 160 valence electrons. The van der Waals surface area contributed by atoms with Gasteiger partial charge < -0.3 is 24.8 Å². The van der Waals surface area contributed by atoms with Crippen LogP contribution in [0.2, 0.25) is 0 Å². The largest absolute Gasteiger partial charge is 0.490 e. The second-order valence-electron chi connectivity index (χ2n) is 6.89. The van der Waals surface area contributed by atoms with Crippen LogP contribution >= 0.6 is 0 Å². The minimum Gasteiger partial charge on any atom is -0.490 e. The molecular formula is C23H28N2O5. The summed E-state index contributed by atoms with van der Waals surface area (Å²) in [5, 5.41) is 5.73. The molecule has 30 heavy (non-hydrogen) atoms. The van der Waals surface area contributed by atoms with Gasteiger partial charge in [0.05, 0.1) is 29.5 Å². The topological polar surface area (TPSA) is 85.9 Å². The van der Waals surface area contributed by atoms with Crippen molar-refractivity contribution in [3.63, 3.8) is 0 Å². The van der Waals surface area contributed by atoms with Crippen LogP contribution in [0, 0.1) is 0 Å². The first-order valence-corrected chi connectivity index (χ1v) is 10.3. The van der Waals surface area contributed by atoms with Crippen molar-refractivity contribution in [2.45, 2.75) is 25.9 Å². The second-order valence-corrected chi connectivity index (χ2v) is 6.89. The highest BCUT2D eigenvalue weighted by Crippen LogP contribution is 2.22. The van der Waals surface area contributed by atoms with E-state index in [-0.39, 0.29) is 17.9 Å². The van der Waals surface area contributed by atoms with Gasteiger partial charge in [0.15, 0.2) is 0 Å². The Morgan fingerprint density at radius 3 is 2.57 bits per heavy atom. The molecule has 1 fully saturated rings. The van der Waals surface area contributed by atoms with E-state index < -0.39 is 0 Å². The molecule has 1 aliphatic heterocycles. The van der Waals surface area contributed by atoms with Crippen molar-refractivity contribution in [3.8, 4) is 5.75 Å². The highest BCUT2D eigenvalue weighted by atomic mass is 16.5. The molecule has 3 rings (SSSR count). The van der Waals surface area contributed by atoms with E-state index >= 15 is 0 Å². The van der Waals surface area contributed by atoms with Gasteiger partial charge in [0.1, 0.15) is 12.4 Å². The zero-order chi connectivity index (χ0) is 21.2. The zero-order valence-corrected chi connectivity index (χ0v) is 17.2. The Hall–Kier alpha value is -2.90. The summed E-state index contributed by atoms with van der Waals surface area (Å²) >= 11 is 0. The molecule has 0 aliphatic carbocycles. The highest BCUT2D eigenvalue weighted by Gasteiger charge is 2.19. The van der Waals surface area contributed by atoms with Gasteiger partial charge in [-0.25, -0.2) is 0 Å². The van der Waals surface area contributed by atoms with Crippen LogP contribution in [-0.2, 0) is 9.47 Å². The minimum absolute atomic E-state index is 0.0522. The number of carbonyl (C=O) groups is 2. The fourth-order valence-corrected chi connectivity index (χ4v) is 3.22. The lowest BCUT2D eigenvalue weighted by Crippen LogP contribution is -2.32. The summed E-state index contributed by atoms with van der Waals surface area (Å²) in [4.78, 5) is 25.5. The van der Waals surface area contributed by atoms with Gasteiger partial charge >= 0.3 is 0 Å². The fraction of sp³-hybridized carbons (Fsp3) is 0.391. The molecule has 0 unspecified atom stereocenters. The number of hydrogen-bond donors (Lipinski definition) is 2. The molecule has 2 aromatic carbocycles. The molecule has 0 bridgehead atoms. The van der Waals surface area contributed by atoms with Crippen molar-refractivity contribution < 1.29 is 23.8 Å². The van der Waals surface area contributed by atoms with E-state index in [2.05, 4.69) is 10.6 Å². The molecular weight excluding hydrogens is 384 g/mol. The van der Waals surface area contributed by atoms with Crippen LogP contribution in [0.3, 0.4) is 0 Å². The summed E-state index contributed by atoms with van der Waals surface area (Å²) in [5.41, 5.74) is 1.23. The summed E-state index contributed by atoms with van der Waals surface area (Å²) in [6.07, 6.45) is 2.01. The number of amides is 2. The lowest BCUT2D eigenvalue weighted by molar-refractivity contribution is 0.0858. The summed E-state index contributed by atoms with van der Waals surface area (Å²) in [7, 11) is 0. The maximum absolute atomic E-state index is 12.9. The van der Waals surface area contributed by atoms with Gasteiger partial charge in [0, 0.05) is 19.8 Å². The summed E-state index contributed by atoms with van der Waals surface area (Å²) in [5.74, 6) is -0.126. The standard InChI is InChI=1S/C23H28N2O5/c1-2-28-14-15-30-21-12-6-4-10-19(21)23(27)25-20-11-5-3-9-18(20)22(26)24-16-17-8-7-13-29-17/h3-6,9-12,17H,2,7-8,13-16H2,1H3,(H,24,26)(H,25,27)/t17-/m1/s1. The quantitative estimate of drug-likeness (QED) is 0.585. The van der Waals surface area contributed by atoms with Crippen molar-refractivity contribution in [1.29, 1.82) is 0 Å². The Labute approximate surface area is 176 Å². The van der Waals surface area contributed by atoms with Gasteiger partial charge in [-0.15, -0.1) is 0 Å². The molecule has 0 radical (unpaired) electrons. The van der Waals surface area contributed by atoms with Crippen LogP contribution in [0.1, 0.15) is 40.5 Å². The number of rotatable bonds is 10. The van der Waals surface area contributed by atoms with Crippen molar-refractivity contribution in [2.75, 3.05) is 38.3 Å². The first-order valence-electron chi connectivity index (χ1n) is 10.3. The van der Waals surface area contributed by atoms with Gasteiger partial charge in [-0.2, -0.15) is 0 Å². The van der Waals surface area contributed by atoms with E-state index in [0.29, 0.717) is 48.9 Å². The van der Waals surface area contributed by atoms with Gasteiger partial charge in [0.2, 0.25) is 0 Å². The van der Waals surface area contributed by atoms with Crippen LogP contribution in [-0.4, -0.2) is 50.9 Å². The third kappa shape index (κ3) is 6.05. The van der Waals surface area contributed by atoms with Crippen molar-refractivity contribution in [3.05, 3.63) is 59.7 Å². The van der Waals surface area contributed by atoms with Gasteiger partial charge in [0.25, 0.3) is 11.8 Å². The van der Waals surface area contributed by atoms with Gasteiger partial charge in [-0.05, 0) is 44.0 Å². The molecule has 1 saturated heterocycles. The average molecular weight is 412 g/mol. The van der Waals surface area contributed by atoms with E-state index in [1.807, 2.05) is 6.92 Å². The SMILES string of the molecule is CCOCCOc1ccccc1C(=O)Nc1ccccc1C(=O)NC[C@H]1CCCO1. The molecule has 2 aromatic rings. The fourth-order valence-electron chi connectivity index (χ4n) is 3.22. The Kier molecular flexibility index (Phi) is 8.23. The molecule has 1 atom stereocenters. The molecule has 7 heteroatoms. The third-order valence-electron chi connectivity index (χ3n) is 4.76. The van der Waals surface area contributed by atoms with Crippen LogP contribution < -0.4 is 15.4 Å². The molecule has 1 aliphatic rings. The van der Waals surface area contributed by atoms with Crippen LogP contribution in [0.25, 0.3) is 0 Å². The minimum atomic E-state index is -0.346. The third-order valence-corrected chi connectivity index (χ3v) is 4.76. The smallest absolute Gasteiger partial charge is 0.259 e. The van der Waals surface area contributed by atoms with Crippen molar-refractivity contribution in [2.24, 2.45) is 0 Å². The first kappa shape index (κ1) is 21.8. The zero-order valence-electron chi connectivity index (χ0n) is 17.2. The van der Waals surface area contributed by atoms with E-state index in [9.17, 15) is 9.59 Å². The molecule has 2 N–H and O–H groups in total. The van der Waals surface area contributed by atoms with E-state index in [4.69, 9.17) is 14.2 Å².